The van der Waals surface area contributed by atoms with Crippen LogP contribution in [0.5, 0.6) is 0 Å². The lowest BCUT2D eigenvalue weighted by atomic mass is 10.2. The van der Waals surface area contributed by atoms with Crippen LogP contribution in [-0.2, 0) is 20.0 Å². The van der Waals surface area contributed by atoms with E-state index in [0.717, 1.165) is 48.8 Å². The van der Waals surface area contributed by atoms with Crippen LogP contribution >= 0.6 is 11.6 Å². The van der Waals surface area contributed by atoms with Crippen LogP contribution in [-0.4, -0.2) is 27.5 Å². The number of rotatable bonds is 7. The monoisotopic (exact) mass is 259 g/mol. The summed E-state index contributed by atoms with van der Waals surface area (Å²) in [6, 6.07) is 0. The molecule has 0 saturated heterocycles. The summed E-state index contributed by atoms with van der Waals surface area (Å²) in [5.41, 5.74) is 1.98. The Labute approximate surface area is 108 Å². The summed E-state index contributed by atoms with van der Waals surface area (Å²) in [4.78, 5) is 0. The number of aryl methyl sites for hydroxylation is 2. The molecule has 1 unspecified atom stereocenters. The third kappa shape index (κ3) is 4.30. The second-order valence-corrected chi connectivity index (χ2v) is 4.73. The van der Waals surface area contributed by atoms with Crippen molar-refractivity contribution in [3.63, 3.8) is 0 Å². The third-order valence-corrected chi connectivity index (χ3v) is 3.21. The lowest BCUT2D eigenvalue weighted by molar-refractivity contribution is 0.181. The minimum absolute atomic E-state index is 0.219. The van der Waals surface area contributed by atoms with Crippen molar-refractivity contribution in [2.45, 2.75) is 45.8 Å². The molecule has 0 aromatic carbocycles. The summed E-state index contributed by atoms with van der Waals surface area (Å²) in [6.07, 6.45) is 2.43. The van der Waals surface area contributed by atoms with Gasteiger partial charge in [-0.15, -0.1) is 0 Å². The molecule has 0 radical (unpaired) electrons. The van der Waals surface area contributed by atoms with Gasteiger partial charge in [-0.25, -0.2) is 0 Å². The van der Waals surface area contributed by atoms with E-state index in [1.165, 1.54) is 0 Å². The first kappa shape index (κ1) is 14.5. The highest BCUT2D eigenvalue weighted by molar-refractivity contribution is 6.31. The van der Waals surface area contributed by atoms with Crippen molar-refractivity contribution < 1.29 is 5.11 Å². The molecule has 1 heterocycles. The summed E-state index contributed by atoms with van der Waals surface area (Å²) in [7, 11) is 1.91. The van der Waals surface area contributed by atoms with Crippen LogP contribution in [0, 0.1) is 0 Å². The number of aliphatic hydroxyl groups excluding tert-OH is 1. The van der Waals surface area contributed by atoms with E-state index >= 15 is 0 Å². The smallest absolute Gasteiger partial charge is 0.0863 e. The van der Waals surface area contributed by atoms with Gasteiger partial charge >= 0.3 is 0 Å². The minimum atomic E-state index is -0.219. The van der Waals surface area contributed by atoms with Crippen molar-refractivity contribution in [1.82, 2.24) is 15.1 Å². The normalized spacial score (nSPS) is 13.0. The number of aromatic nitrogens is 2. The Morgan fingerprint density at radius 2 is 2.24 bits per heavy atom. The quantitative estimate of drug-likeness (QED) is 0.736. The molecule has 4 nitrogen and oxygen atoms in total. The number of hydrogen-bond donors (Lipinski definition) is 2. The van der Waals surface area contributed by atoms with E-state index in [1.807, 2.05) is 25.6 Å². The molecule has 1 aromatic rings. The maximum Gasteiger partial charge on any atom is 0.0863 e. The summed E-state index contributed by atoms with van der Waals surface area (Å²) < 4.78 is 1.84. The minimum Gasteiger partial charge on any atom is -0.393 e. The Balaban J connectivity index is 2.39. The third-order valence-electron chi connectivity index (χ3n) is 2.77. The molecule has 1 aromatic heterocycles. The highest BCUT2D eigenvalue weighted by Crippen LogP contribution is 2.20. The zero-order valence-electron chi connectivity index (χ0n) is 10.8. The Morgan fingerprint density at radius 1 is 1.53 bits per heavy atom. The Morgan fingerprint density at radius 3 is 2.76 bits per heavy atom. The average Bonchev–Trinajstić information content (AvgIpc) is 2.54. The van der Waals surface area contributed by atoms with Gasteiger partial charge in [0.05, 0.1) is 22.5 Å². The van der Waals surface area contributed by atoms with Crippen LogP contribution in [0.15, 0.2) is 0 Å². The first-order valence-corrected chi connectivity index (χ1v) is 6.53. The van der Waals surface area contributed by atoms with Crippen LogP contribution < -0.4 is 5.32 Å². The molecule has 1 rings (SSSR count). The van der Waals surface area contributed by atoms with Gasteiger partial charge in [-0.3, -0.25) is 4.68 Å². The molecule has 0 aliphatic heterocycles. The molecule has 0 fully saturated rings. The molecular formula is C12H22ClN3O. The lowest BCUT2D eigenvalue weighted by Crippen LogP contribution is -2.18. The maximum atomic E-state index is 9.13. The van der Waals surface area contributed by atoms with Gasteiger partial charge in [-0.2, -0.15) is 5.10 Å². The van der Waals surface area contributed by atoms with E-state index in [2.05, 4.69) is 10.4 Å². The van der Waals surface area contributed by atoms with Crippen LogP contribution in [0.25, 0.3) is 0 Å². The molecule has 0 aliphatic carbocycles. The molecular weight excluding hydrogens is 238 g/mol. The molecule has 17 heavy (non-hydrogen) atoms. The summed E-state index contributed by atoms with van der Waals surface area (Å²) in [5, 5.41) is 17.6. The number of halogens is 1. The lowest BCUT2D eigenvalue weighted by Gasteiger charge is -2.07. The second kappa shape index (κ2) is 6.99. The standard InChI is InChI=1S/C12H22ClN3O/c1-4-10-12(13)11(16(3)15-10)8-14-7-5-6-9(2)17/h9,14,17H,4-8H2,1-3H3. The molecule has 1 atom stereocenters. The van der Waals surface area contributed by atoms with Crippen molar-refractivity contribution in [2.75, 3.05) is 6.54 Å². The first-order chi connectivity index (χ1) is 8.06. The van der Waals surface area contributed by atoms with E-state index in [1.54, 1.807) is 0 Å². The molecule has 0 saturated carbocycles. The van der Waals surface area contributed by atoms with Crippen molar-refractivity contribution in [2.24, 2.45) is 7.05 Å². The fourth-order valence-corrected chi connectivity index (χ4v) is 2.10. The van der Waals surface area contributed by atoms with Gasteiger partial charge in [0, 0.05) is 13.6 Å². The zero-order chi connectivity index (χ0) is 12.8. The van der Waals surface area contributed by atoms with E-state index < -0.39 is 0 Å². The predicted molar refractivity (Wildman–Crippen MR) is 70.2 cm³/mol. The van der Waals surface area contributed by atoms with Gasteiger partial charge in [0.15, 0.2) is 0 Å². The van der Waals surface area contributed by atoms with E-state index in [4.69, 9.17) is 16.7 Å². The van der Waals surface area contributed by atoms with Gasteiger partial charge in [-0.05, 0) is 32.7 Å². The van der Waals surface area contributed by atoms with Crippen LogP contribution in [0.1, 0.15) is 38.1 Å². The Bertz CT molecular complexity index is 350. The van der Waals surface area contributed by atoms with Gasteiger partial charge in [-0.1, -0.05) is 18.5 Å². The highest BCUT2D eigenvalue weighted by atomic mass is 35.5. The topological polar surface area (TPSA) is 50.1 Å². The number of nitrogens with zero attached hydrogens (tertiary/aromatic N) is 2. The molecule has 5 heteroatoms. The number of hydrogen-bond acceptors (Lipinski definition) is 3. The van der Waals surface area contributed by atoms with Gasteiger partial charge < -0.3 is 10.4 Å². The Hall–Kier alpha value is -0.580. The first-order valence-electron chi connectivity index (χ1n) is 6.15. The number of nitrogens with one attached hydrogen (secondary N) is 1. The van der Waals surface area contributed by atoms with Crippen molar-refractivity contribution >= 4 is 11.6 Å². The van der Waals surface area contributed by atoms with Gasteiger partial charge in [0.25, 0.3) is 0 Å². The van der Waals surface area contributed by atoms with Crippen molar-refractivity contribution in [3.8, 4) is 0 Å². The SMILES string of the molecule is CCc1nn(C)c(CNCCCC(C)O)c1Cl. The summed E-state index contributed by atoms with van der Waals surface area (Å²) in [6.45, 7) is 5.47. The fourth-order valence-electron chi connectivity index (χ4n) is 1.74. The molecule has 0 amide bonds. The van der Waals surface area contributed by atoms with E-state index in [-0.39, 0.29) is 6.10 Å². The van der Waals surface area contributed by atoms with Crippen molar-refractivity contribution in [1.29, 1.82) is 0 Å². The van der Waals surface area contributed by atoms with Crippen LogP contribution in [0.3, 0.4) is 0 Å². The van der Waals surface area contributed by atoms with E-state index in [9.17, 15) is 0 Å². The largest absolute Gasteiger partial charge is 0.393 e. The predicted octanol–water partition coefficient (Wildman–Crippen LogP) is 1.89. The summed E-state index contributed by atoms with van der Waals surface area (Å²) >= 11 is 6.23. The Kier molecular flexibility index (Phi) is 5.95. The number of aliphatic hydroxyl groups is 1. The molecule has 0 spiro atoms. The highest BCUT2D eigenvalue weighted by Gasteiger charge is 2.11. The zero-order valence-corrected chi connectivity index (χ0v) is 11.6. The van der Waals surface area contributed by atoms with Gasteiger partial charge in [0.2, 0.25) is 0 Å². The van der Waals surface area contributed by atoms with E-state index in [0.29, 0.717) is 0 Å². The van der Waals surface area contributed by atoms with Gasteiger partial charge in [0.1, 0.15) is 0 Å². The van der Waals surface area contributed by atoms with Crippen molar-refractivity contribution in [3.05, 3.63) is 16.4 Å². The van der Waals surface area contributed by atoms with Crippen LogP contribution in [0.2, 0.25) is 5.02 Å². The molecule has 2 N–H and O–H groups in total. The molecule has 0 bridgehead atoms. The average molecular weight is 260 g/mol. The van der Waals surface area contributed by atoms with Crippen LogP contribution in [0.4, 0.5) is 0 Å². The molecule has 98 valence electrons. The molecule has 0 aliphatic rings. The maximum absolute atomic E-state index is 9.13. The second-order valence-electron chi connectivity index (χ2n) is 4.35. The fraction of sp³-hybridized carbons (Fsp3) is 0.750. The summed E-state index contributed by atoms with van der Waals surface area (Å²) in [5.74, 6) is 0.